The average molecular weight is 317 g/mol. The molecule has 0 bridgehead atoms. The molecule has 1 aromatic carbocycles. The number of fused-ring (bicyclic) bond motifs is 1. The molecule has 0 saturated carbocycles. The molecule has 4 rings (SSSR count). The smallest absolute Gasteiger partial charge is 0.188 e. The van der Waals surface area contributed by atoms with E-state index in [1.165, 1.54) is 0 Å². The van der Waals surface area contributed by atoms with Crippen LogP contribution in [-0.2, 0) is 13.0 Å². The maximum Gasteiger partial charge on any atom is 0.188 e. The summed E-state index contributed by atoms with van der Waals surface area (Å²) in [7, 11) is 0. The molecule has 0 saturated heterocycles. The second-order valence-corrected chi connectivity index (χ2v) is 5.63. The van der Waals surface area contributed by atoms with Crippen LogP contribution in [0, 0.1) is 0 Å². The van der Waals surface area contributed by atoms with Crippen molar-refractivity contribution in [2.45, 2.75) is 13.0 Å². The van der Waals surface area contributed by atoms with Crippen LogP contribution in [0.4, 0.5) is 0 Å². The van der Waals surface area contributed by atoms with Gasteiger partial charge in [0.15, 0.2) is 5.78 Å². The van der Waals surface area contributed by atoms with Gasteiger partial charge in [0.05, 0.1) is 18.3 Å². The van der Waals surface area contributed by atoms with E-state index in [2.05, 4.69) is 20.3 Å². The van der Waals surface area contributed by atoms with Gasteiger partial charge in [-0.2, -0.15) is 10.2 Å². The third-order valence-corrected chi connectivity index (χ3v) is 3.85. The summed E-state index contributed by atoms with van der Waals surface area (Å²) in [5, 5.41) is 12.2. The number of nitrogens with one attached hydrogen (secondary N) is 1. The first-order chi connectivity index (χ1) is 11.8. The molecule has 3 heterocycles. The first kappa shape index (κ1) is 14.3. The number of hydrogen-bond donors (Lipinski definition) is 1. The summed E-state index contributed by atoms with van der Waals surface area (Å²) in [5.41, 5.74) is 3.28. The van der Waals surface area contributed by atoms with E-state index in [1.54, 1.807) is 12.4 Å². The van der Waals surface area contributed by atoms with Gasteiger partial charge in [-0.1, -0.05) is 24.3 Å². The Kier molecular flexibility index (Phi) is 3.63. The highest BCUT2D eigenvalue weighted by atomic mass is 16.1. The maximum absolute atomic E-state index is 12.5. The normalized spacial score (nSPS) is 11.0. The summed E-state index contributed by atoms with van der Waals surface area (Å²) in [4.78, 5) is 16.6. The Hall–Kier alpha value is -3.28. The Morgan fingerprint density at radius 2 is 2.00 bits per heavy atom. The molecule has 0 aliphatic carbocycles. The molecule has 0 spiro atoms. The third-order valence-electron chi connectivity index (χ3n) is 3.85. The lowest BCUT2D eigenvalue weighted by Gasteiger charge is -2.00. The summed E-state index contributed by atoms with van der Waals surface area (Å²) < 4.78 is 1.81. The number of benzene rings is 1. The Bertz CT molecular complexity index is 987. The van der Waals surface area contributed by atoms with Crippen LogP contribution in [0.1, 0.15) is 21.6 Å². The van der Waals surface area contributed by atoms with Crippen molar-refractivity contribution in [3.63, 3.8) is 0 Å². The number of nitrogens with zero attached hydrogens (tertiary/aromatic N) is 4. The number of carbonyl (C=O) groups excluding carboxylic acids is 1. The number of H-pyrrole nitrogens is 1. The summed E-state index contributed by atoms with van der Waals surface area (Å²) in [6, 6.07) is 11.5. The van der Waals surface area contributed by atoms with Gasteiger partial charge in [-0.25, -0.2) is 0 Å². The standard InChI is InChI=1S/C18H15N5O/c24-17(18-15-5-1-2-6-16(15)21-22-18)8-14-10-20-23(12-14)11-13-4-3-7-19-9-13/h1-7,9-10,12H,8,11H2,(H,21,22). The molecule has 0 fully saturated rings. The second kappa shape index (κ2) is 6.08. The zero-order valence-electron chi connectivity index (χ0n) is 12.9. The van der Waals surface area contributed by atoms with E-state index in [0.29, 0.717) is 12.2 Å². The van der Waals surface area contributed by atoms with E-state index in [0.717, 1.165) is 22.0 Å². The second-order valence-electron chi connectivity index (χ2n) is 5.63. The van der Waals surface area contributed by atoms with Gasteiger partial charge in [0.2, 0.25) is 0 Å². The van der Waals surface area contributed by atoms with Crippen LogP contribution >= 0.6 is 0 Å². The lowest BCUT2D eigenvalue weighted by atomic mass is 10.1. The van der Waals surface area contributed by atoms with Crippen LogP contribution in [0.2, 0.25) is 0 Å². The van der Waals surface area contributed by atoms with Gasteiger partial charge >= 0.3 is 0 Å². The van der Waals surface area contributed by atoms with Crippen LogP contribution in [0.15, 0.2) is 61.2 Å². The molecular formula is C18H15N5O. The predicted octanol–water partition coefficient (Wildman–Crippen LogP) is 2.63. The maximum atomic E-state index is 12.5. The molecule has 0 aliphatic rings. The van der Waals surface area contributed by atoms with E-state index < -0.39 is 0 Å². The minimum atomic E-state index is -0.0200. The van der Waals surface area contributed by atoms with Gasteiger partial charge in [-0.15, -0.1) is 0 Å². The fourth-order valence-corrected chi connectivity index (χ4v) is 2.71. The molecule has 24 heavy (non-hydrogen) atoms. The molecule has 0 radical (unpaired) electrons. The van der Waals surface area contributed by atoms with E-state index in [-0.39, 0.29) is 12.2 Å². The fourth-order valence-electron chi connectivity index (χ4n) is 2.71. The van der Waals surface area contributed by atoms with Crippen molar-refractivity contribution in [3.8, 4) is 0 Å². The molecule has 0 unspecified atom stereocenters. The van der Waals surface area contributed by atoms with E-state index in [9.17, 15) is 4.79 Å². The van der Waals surface area contributed by atoms with Gasteiger partial charge in [-0.05, 0) is 23.3 Å². The molecule has 3 aromatic heterocycles. The largest absolute Gasteiger partial charge is 0.292 e. The van der Waals surface area contributed by atoms with Gasteiger partial charge in [0, 0.05) is 30.4 Å². The zero-order chi connectivity index (χ0) is 16.4. The minimum absolute atomic E-state index is 0.0200. The van der Waals surface area contributed by atoms with Crippen molar-refractivity contribution in [2.24, 2.45) is 0 Å². The zero-order valence-corrected chi connectivity index (χ0v) is 12.9. The Balaban J connectivity index is 1.50. The summed E-state index contributed by atoms with van der Waals surface area (Å²) in [5.74, 6) is -0.0200. The van der Waals surface area contributed by atoms with Crippen LogP contribution in [-0.4, -0.2) is 30.7 Å². The van der Waals surface area contributed by atoms with Crippen LogP contribution in [0.25, 0.3) is 10.9 Å². The topological polar surface area (TPSA) is 76.5 Å². The summed E-state index contributed by atoms with van der Waals surface area (Å²) >= 11 is 0. The number of ketones is 1. The highest BCUT2D eigenvalue weighted by molar-refractivity contribution is 6.06. The molecule has 1 N–H and O–H groups in total. The monoisotopic (exact) mass is 317 g/mol. The minimum Gasteiger partial charge on any atom is -0.292 e. The molecule has 118 valence electrons. The summed E-state index contributed by atoms with van der Waals surface area (Å²) in [6.45, 7) is 0.632. The molecule has 0 amide bonds. The number of aromatic amines is 1. The Morgan fingerprint density at radius 1 is 1.08 bits per heavy atom. The number of hydrogen-bond acceptors (Lipinski definition) is 4. The third kappa shape index (κ3) is 2.81. The molecule has 0 atom stereocenters. The lowest BCUT2D eigenvalue weighted by molar-refractivity contribution is 0.0989. The number of Topliss-reactive ketones (excluding diaryl/α,β-unsaturated/α-hetero) is 1. The van der Waals surface area contributed by atoms with Crippen LogP contribution in [0.3, 0.4) is 0 Å². The number of carbonyl (C=O) groups is 1. The molecule has 6 nitrogen and oxygen atoms in total. The van der Waals surface area contributed by atoms with Gasteiger partial charge < -0.3 is 0 Å². The Labute approximate surface area is 138 Å². The van der Waals surface area contributed by atoms with Crippen LogP contribution < -0.4 is 0 Å². The first-order valence-corrected chi connectivity index (χ1v) is 7.66. The number of rotatable bonds is 5. The van der Waals surface area contributed by atoms with E-state index in [4.69, 9.17) is 0 Å². The van der Waals surface area contributed by atoms with Crippen LogP contribution in [0.5, 0.6) is 0 Å². The lowest BCUT2D eigenvalue weighted by Crippen LogP contribution is -2.04. The number of pyridine rings is 1. The number of aromatic nitrogens is 5. The van der Waals surface area contributed by atoms with E-state index >= 15 is 0 Å². The average Bonchev–Trinajstić information content (AvgIpc) is 3.22. The van der Waals surface area contributed by atoms with Gasteiger partial charge in [0.1, 0.15) is 5.69 Å². The van der Waals surface area contributed by atoms with Crippen molar-refractivity contribution < 1.29 is 4.79 Å². The highest BCUT2D eigenvalue weighted by Gasteiger charge is 2.15. The van der Waals surface area contributed by atoms with Crippen molar-refractivity contribution >= 4 is 16.7 Å². The number of para-hydroxylation sites is 1. The first-order valence-electron chi connectivity index (χ1n) is 7.66. The molecule has 4 aromatic rings. The van der Waals surface area contributed by atoms with Crippen molar-refractivity contribution in [1.82, 2.24) is 25.0 Å². The molecule has 6 heteroatoms. The Morgan fingerprint density at radius 3 is 2.88 bits per heavy atom. The van der Waals surface area contributed by atoms with Crippen molar-refractivity contribution in [1.29, 1.82) is 0 Å². The SMILES string of the molecule is O=C(Cc1cnn(Cc2cccnc2)c1)c1n[nH]c2ccccc12. The van der Waals surface area contributed by atoms with Crippen molar-refractivity contribution in [2.75, 3.05) is 0 Å². The highest BCUT2D eigenvalue weighted by Crippen LogP contribution is 2.17. The summed E-state index contributed by atoms with van der Waals surface area (Å²) in [6.07, 6.45) is 7.44. The predicted molar refractivity (Wildman–Crippen MR) is 89.7 cm³/mol. The van der Waals surface area contributed by atoms with Crippen molar-refractivity contribution in [3.05, 3.63) is 78.0 Å². The quantitative estimate of drug-likeness (QED) is 0.574. The van der Waals surface area contributed by atoms with Gasteiger partial charge in [0.25, 0.3) is 0 Å². The fraction of sp³-hybridized carbons (Fsp3) is 0.111. The molecular weight excluding hydrogens is 302 g/mol. The van der Waals surface area contributed by atoms with E-state index in [1.807, 2.05) is 53.5 Å². The van der Waals surface area contributed by atoms with Gasteiger partial charge in [-0.3, -0.25) is 19.6 Å². The molecule has 0 aliphatic heterocycles.